The number of carboxylic acids is 1. The molecule has 0 saturated carbocycles. The lowest BCUT2D eigenvalue weighted by molar-refractivity contribution is 0.0695. The molecule has 2 rings (SSSR count). The molecule has 0 spiro atoms. The van der Waals surface area contributed by atoms with Crippen molar-refractivity contribution in [1.82, 2.24) is 4.98 Å². The molecule has 1 aromatic carbocycles. The predicted octanol–water partition coefficient (Wildman–Crippen LogP) is 4.04. The lowest BCUT2D eigenvalue weighted by Crippen LogP contribution is -2.10. The Morgan fingerprint density at radius 3 is 2.52 bits per heavy atom. The van der Waals surface area contributed by atoms with Crippen molar-refractivity contribution in [2.75, 3.05) is 0 Å². The van der Waals surface area contributed by atoms with Gasteiger partial charge in [-0.25, -0.2) is 9.78 Å². The van der Waals surface area contributed by atoms with E-state index in [-0.39, 0.29) is 11.0 Å². The van der Waals surface area contributed by atoms with Crippen molar-refractivity contribution in [3.63, 3.8) is 0 Å². The number of carbonyl (C=O) groups is 1. The molecule has 3 heteroatoms. The fourth-order valence-electron chi connectivity index (χ4n) is 2.23. The number of pyridine rings is 1. The van der Waals surface area contributed by atoms with Gasteiger partial charge in [0.1, 0.15) is 5.69 Å². The van der Waals surface area contributed by atoms with E-state index in [1.54, 1.807) is 12.1 Å². The van der Waals surface area contributed by atoms with Crippen LogP contribution in [0.15, 0.2) is 36.4 Å². The second-order valence-corrected chi connectivity index (χ2v) is 6.43. The van der Waals surface area contributed by atoms with Gasteiger partial charge in [0.15, 0.2) is 0 Å². The minimum absolute atomic E-state index is 0.0778. The Morgan fingerprint density at radius 1 is 1.17 bits per heavy atom. The standard InChI is InChI=1S/C20H21NO2/c1-5-18-17(19(22)23)12-11-16(21-18)10-9-14-7-6-8-15(13-14)20(2,3)4/h6-8,11-13H,5H2,1-4H3,(H,22,23). The Balaban J connectivity index is 2.34. The third-order valence-corrected chi connectivity index (χ3v) is 3.60. The molecule has 0 amide bonds. The summed E-state index contributed by atoms with van der Waals surface area (Å²) in [4.78, 5) is 15.5. The van der Waals surface area contributed by atoms with Gasteiger partial charge in [0.25, 0.3) is 0 Å². The van der Waals surface area contributed by atoms with Crippen LogP contribution < -0.4 is 0 Å². The number of carboxylic acid groups (broad SMARTS) is 1. The van der Waals surface area contributed by atoms with E-state index in [1.165, 1.54) is 5.56 Å². The van der Waals surface area contributed by atoms with Crippen LogP contribution in [-0.2, 0) is 11.8 Å². The SMILES string of the molecule is CCc1nc(C#Cc2cccc(C(C)(C)C)c2)ccc1C(=O)O. The molecule has 0 atom stereocenters. The Kier molecular flexibility index (Phi) is 4.86. The highest BCUT2D eigenvalue weighted by molar-refractivity contribution is 5.88. The molecule has 1 heterocycles. The Morgan fingerprint density at radius 2 is 1.91 bits per heavy atom. The Bertz CT molecular complexity index is 789. The van der Waals surface area contributed by atoms with Gasteiger partial charge in [-0.15, -0.1) is 0 Å². The first-order valence-electron chi connectivity index (χ1n) is 7.67. The molecule has 2 aromatic rings. The van der Waals surface area contributed by atoms with Crippen molar-refractivity contribution in [2.24, 2.45) is 0 Å². The molecule has 1 N–H and O–H groups in total. The summed E-state index contributed by atoms with van der Waals surface area (Å²) in [5.41, 5.74) is 3.63. The zero-order valence-corrected chi connectivity index (χ0v) is 14.0. The molecular formula is C20H21NO2. The largest absolute Gasteiger partial charge is 0.478 e. The van der Waals surface area contributed by atoms with Crippen LogP contribution in [0.2, 0.25) is 0 Å². The van der Waals surface area contributed by atoms with Gasteiger partial charge in [-0.3, -0.25) is 0 Å². The summed E-state index contributed by atoms with van der Waals surface area (Å²) in [5.74, 6) is 5.19. The van der Waals surface area contributed by atoms with Crippen molar-refractivity contribution in [2.45, 2.75) is 39.5 Å². The number of benzene rings is 1. The monoisotopic (exact) mass is 307 g/mol. The fourth-order valence-corrected chi connectivity index (χ4v) is 2.23. The normalized spacial score (nSPS) is 10.8. The van der Waals surface area contributed by atoms with E-state index in [4.69, 9.17) is 5.11 Å². The number of aromatic nitrogens is 1. The summed E-state index contributed by atoms with van der Waals surface area (Å²) in [6, 6.07) is 11.4. The first kappa shape index (κ1) is 16.8. The summed E-state index contributed by atoms with van der Waals surface area (Å²) in [6.07, 6.45) is 0.566. The van der Waals surface area contributed by atoms with E-state index in [0.29, 0.717) is 17.8 Å². The molecule has 0 radical (unpaired) electrons. The van der Waals surface area contributed by atoms with Crippen LogP contribution in [0.3, 0.4) is 0 Å². The van der Waals surface area contributed by atoms with Gasteiger partial charge in [0.2, 0.25) is 0 Å². The summed E-state index contributed by atoms with van der Waals surface area (Å²) >= 11 is 0. The van der Waals surface area contributed by atoms with Crippen LogP contribution >= 0.6 is 0 Å². The highest BCUT2D eigenvalue weighted by atomic mass is 16.4. The molecule has 0 unspecified atom stereocenters. The first-order valence-corrected chi connectivity index (χ1v) is 7.67. The highest BCUT2D eigenvalue weighted by Crippen LogP contribution is 2.22. The minimum Gasteiger partial charge on any atom is -0.478 e. The Labute approximate surface area is 137 Å². The molecule has 3 nitrogen and oxygen atoms in total. The van der Waals surface area contributed by atoms with Crippen LogP contribution in [0.1, 0.15) is 60.6 Å². The molecular weight excluding hydrogens is 286 g/mol. The quantitative estimate of drug-likeness (QED) is 0.852. The number of rotatable bonds is 2. The van der Waals surface area contributed by atoms with Crippen LogP contribution in [0.4, 0.5) is 0 Å². The van der Waals surface area contributed by atoms with Gasteiger partial charge in [0.05, 0.1) is 11.3 Å². The van der Waals surface area contributed by atoms with E-state index in [2.05, 4.69) is 49.7 Å². The van der Waals surface area contributed by atoms with Crippen molar-refractivity contribution in [3.05, 3.63) is 64.5 Å². The Hall–Kier alpha value is -2.60. The van der Waals surface area contributed by atoms with Crippen molar-refractivity contribution < 1.29 is 9.90 Å². The van der Waals surface area contributed by atoms with Crippen LogP contribution in [0, 0.1) is 11.8 Å². The zero-order chi connectivity index (χ0) is 17.0. The van der Waals surface area contributed by atoms with E-state index in [9.17, 15) is 4.79 Å². The molecule has 0 bridgehead atoms. The summed E-state index contributed by atoms with van der Waals surface area (Å²) in [7, 11) is 0. The first-order chi connectivity index (χ1) is 10.8. The van der Waals surface area contributed by atoms with Gasteiger partial charge in [-0.1, -0.05) is 45.7 Å². The topological polar surface area (TPSA) is 50.2 Å². The predicted molar refractivity (Wildman–Crippen MR) is 91.7 cm³/mol. The van der Waals surface area contributed by atoms with Crippen molar-refractivity contribution in [1.29, 1.82) is 0 Å². The van der Waals surface area contributed by atoms with Crippen LogP contribution in [-0.4, -0.2) is 16.1 Å². The van der Waals surface area contributed by atoms with Crippen molar-refractivity contribution >= 4 is 5.97 Å². The van der Waals surface area contributed by atoms with E-state index < -0.39 is 5.97 Å². The average Bonchev–Trinajstić information content (AvgIpc) is 2.52. The molecule has 23 heavy (non-hydrogen) atoms. The maximum Gasteiger partial charge on any atom is 0.337 e. The van der Waals surface area contributed by atoms with Crippen molar-refractivity contribution in [3.8, 4) is 11.8 Å². The summed E-state index contributed by atoms with van der Waals surface area (Å²) in [6.45, 7) is 8.39. The summed E-state index contributed by atoms with van der Waals surface area (Å²) in [5, 5.41) is 9.13. The summed E-state index contributed by atoms with van der Waals surface area (Å²) < 4.78 is 0. The van der Waals surface area contributed by atoms with Crippen LogP contribution in [0.25, 0.3) is 0 Å². The fraction of sp³-hybridized carbons (Fsp3) is 0.300. The second-order valence-electron chi connectivity index (χ2n) is 6.43. The van der Waals surface area contributed by atoms with Gasteiger partial charge < -0.3 is 5.11 Å². The maximum absolute atomic E-state index is 11.1. The molecule has 0 aliphatic rings. The third-order valence-electron chi connectivity index (χ3n) is 3.60. The molecule has 0 fully saturated rings. The molecule has 118 valence electrons. The lowest BCUT2D eigenvalue weighted by Gasteiger charge is -2.18. The van der Waals surface area contributed by atoms with E-state index in [0.717, 1.165) is 5.56 Å². The van der Waals surface area contributed by atoms with E-state index >= 15 is 0 Å². The molecule has 0 aliphatic heterocycles. The van der Waals surface area contributed by atoms with Gasteiger partial charge in [-0.2, -0.15) is 0 Å². The third kappa shape index (κ3) is 4.20. The van der Waals surface area contributed by atoms with Gasteiger partial charge in [-0.05, 0) is 47.6 Å². The lowest BCUT2D eigenvalue weighted by atomic mass is 9.86. The molecule has 0 saturated heterocycles. The van der Waals surface area contributed by atoms with Gasteiger partial charge in [0, 0.05) is 5.56 Å². The van der Waals surface area contributed by atoms with E-state index in [1.807, 2.05) is 19.1 Å². The second kappa shape index (κ2) is 6.66. The average molecular weight is 307 g/mol. The number of hydrogen-bond donors (Lipinski definition) is 1. The smallest absolute Gasteiger partial charge is 0.337 e. The molecule has 1 aromatic heterocycles. The maximum atomic E-state index is 11.1. The number of aromatic carboxylic acids is 1. The zero-order valence-electron chi connectivity index (χ0n) is 14.0. The van der Waals surface area contributed by atoms with Crippen LogP contribution in [0.5, 0.6) is 0 Å². The molecule has 0 aliphatic carbocycles. The number of hydrogen-bond acceptors (Lipinski definition) is 2. The highest BCUT2D eigenvalue weighted by Gasteiger charge is 2.13. The number of aryl methyl sites for hydroxylation is 1. The number of nitrogens with zero attached hydrogens (tertiary/aromatic N) is 1. The van der Waals surface area contributed by atoms with Gasteiger partial charge >= 0.3 is 5.97 Å². The minimum atomic E-state index is -0.952.